The Bertz CT molecular complexity index is 666. The fourth-order valence-electron chi connectivity index (χ4n) is 2.43. The molecular formula is C16H19BrN4O2. The van der Waals surface area contributed by atoms with Gasteiger partial charge in [-0.2, -0.15) is 0 Å². The van der Waals surface area contributed by atoms with Gasteiger partial charge in [0.1, 0.15) is 0 Å². The highest BCUT2D eigenvalue weighted by Crippen LogP contribution is 2.24. The number of nitrogens with zero attached hydrogens (tertiary/aromatic N) is 4. The Kier molecular flexibility index (Phi) is 4.97. The van der Waals surface area contributed by atoms with Crippen LogP contribution in [0.1, 0.15) is 0 Å². The SMILES string of the molecule is CN1CCN(C(=O)COc2nn(-c3ccccc3)cc2Br)CC1. The number of para-hydroxylation sites is 1. The second-order valence-electron chi connectivity index (χ2n) is 5.54. The van der Waals surface area contributed by atoms with Gasteiger partial charge in [-0.3, -0.25) is 4.79 Å². The number of carbonyl (C=O) groups excluding carboxylic acids is 1. The average molecular weight is 379 g/mol. The zero-order valence-electron chi connectivity index (χ0n) is 13.0. The maximum absolute atomic E-state index is 12.2. The Morgan fingerprint density at radius 3 is 2.61 bits per heavy atom. The molecule has 1 amide bonds. The molecule has 3 rings (SSSR count). The van der Waals surface area contributed by atoms with Gasteiger partial charge in [-0.05, 0) is 35.1 Å². The monoisotopic (exact) mass is 378 g/mol. The minimum atomic E-state index is -0.000684. The van der Waals surface area contributed by atoms with E-state index in [0.717, 1.165) is 36.3 Å². The molecule has 23 heavy (non-hydrogen) atoms. The van der Waals surface area contributed by atoms with Crippen molar-refractivity contribution in [2.24, 2.45) is 0 Å². The van der Waals surface area contributed by atoms with Crippen LogP contribution < -0.4 is 4.74 Å². The molecule has 1 aromatic heterocycles. The van der Waals surface area contributed by atoms with Crippen LogP contribution in [0.4, 0.5) is 0 Å². The number of hydrogen-bond donors (Lipinski definition) is 0. The van der Waals surface area contributed by atoms with E-state index in [2.05, 4.69) is 33.0 Å². The first-order chi connectivity index (χ1) is 11.1. The van der Waals surface area contributed by atoms with Gasteiger partial charge in [0.15, 0.2) is 6.61 Å². The lowest BCUT2D eigenvalue weighted by Gasteiger charge is -2.32. The average Bonchev–Trinajstić information content (AvgIpc) is 2.95. The van der Waals surface area contributed by atoms with Crippen LogP contribution in [0.25, 0.3) is 5.69 Å². The van der Waals surface area contributed by atoms with Gasteiger partial charge in [-0.1, -0.05) is 18.2 Å². The summed E-state index contributed by atoms with van der Waals surface area (Å²) in [5.41, 5.74) is 0.938. The van der Waals surface area contributed by atoms with Crippen LogP contribution in [0.5, 0.6) is 5.88 Å². The fraction of sp³-hybridized carbons (Fsp3) is 0.375. The lowest BCUT2D eigenvalue weighted by atomic mass is 10.3. The first-order valence-electron chi connectivity index (χ1n) is 7.53. The van der Waals surface area contributed by atoms with Crippen molar-refractivity contribution in [2.45, 2.75) is 0 Å². The largest absolute Gasteiger partial charge is 0.466 e. The fourth-order valence-corrected chi connectivity index (χ4v) is 2.81. The van der Waals surface area contributed by atoms with E-state index in [9.17, 15) is 4.79 Å². The predicted octanol–water partition coefficient (Wildman–Crippen LogP) is 1.79. The van der Waals surface area contributed by atoms with Crippen molar-refractivity contribution in [1.29, 1.82) is 0 Å². The van der Waals surface area contributed by atoms with Gasteiger partial charge < -0.3 is 14.5 Å². The van der Waals surface area contributed by atoms with Gasteiger partial charge in [-0.25, -0.2) is 4.68 Å². The molecule has 0 atom stereocenters. The maximum Gasteiger partial charge on any atom is 0.260 e. The van der Waals surface area contributed by atoms with Crippen molar-refractivity contribution >= 4 is 21.8 Å². The number of aromatic nitrogens is 2. The molecule has 2 heterocycles. The number of piperazine rings is 1. The summed E-state index contributed by atoms with van der Waals surface area (Å²) < 4.78 is 8.05. The highest BCUT2D eigenvalue weighted by atomic mass is 79.9. The molecule has 0 aliphatic carbocycles. The Labute approximate surface area is 143 Å². The Morgan fingerprint density at radius 1 is 1.22 bits per heavy atom. The van der Waals surface area contributed by atoms with Crippen molar-refractivity contribution < 1.29 is 9.53 Å². The van der Waals surface area contributed by atoms with Crippen LogP contribution >= 0.6 is 15.9 Å². The van der Waals surface area contributed by atoms with Crippen molar-refractivity contribution in [3.8, 4) is 11.6 Å². The van der Waals surface area contributed by atoms with Crippen LogP contribution in [0.2, 0.25) is 0 Å². The summed E-state index contributed by atoms with van der Waals surface area (Å²) in [6.45, 7) is 3.31. The zero-order valence-corrected chi connectivity index (χ0v) is 14.6. The molecular weight excluding hydrogens is 360 g/mol. The third-order valence-electron chi connectivity index (χ3n) is 3.85. The predicted molar refractivity (Wildman–Crippen MR) is 90.8 cm³/mol. The van der Waals surface area contributed by atoms with E-state index >= 15 is 0 Å². The van der Waals surface area contributed by atoms with E-state index in [1.165, 1.54) is 0 Å². The molecule has 0 saturated carbocycles. The minimum Gasteiger partial charge on any atom is -0.466 e. The number of likely N-dealkylation sites (N-methyl/N-ethyl adjacent to an activating group) is 1. The summed E-state index contributed by atoms with van der Waals surface area (Å²) in [6, 6.07) is 9.76. The molecule has 1 aromatic carbocycles. The molecule has 0 radical (unpaired) electrons. The smallest absolute Gasteiger partial charge is 0.260 e. The third-order valence-corrected chi connectivity index (χ3v) is 4.39. The summed E-state index contributed by atoms with van der Waals surface area (Å²) in [5.74, 6) is 0.426. The van der Waals surface area contributed by atoms with E-state index in [0.29, 0.717) is 5.88 Å². The van der Waals surface area contributed by atoms with Crippen molar-refractivity contribution in [3.63, 3.8) is 0 Å². The van der Waals surface area contributed by atoms with Crippen LogP contribution in [-0.2, 0) is 4.79 Å². The lowest BCUT2D eigenvalue weighted by molar-refractivity contribution is -0.135. The number of hydrogen-bond acceptors (Lipinski definition) is 4. The van der Waals surface area contributed by atoms with Crippen LogP contribution in [-0.4, -0.2) is 65.3 Å². The lowest BCUT2D eigenvalue weighted by Crippen LogP contribution is -2.48. The minimum absolute atomic E-state index is 0.000684. The van der Waals surface area contributed by atoms with Crippen molar-refractivity contribution in [3.05, 3.63) is 41.0 Å². The molecule has 2 aromatic rings. The Hall–Kier alpha value is -1.86. The summed E-state index contributed by atoms with van der Waals surface area (Å²) in [6.07, 6.45) is 1.82. The summed E-state index contributed by atoms with van der Waals surface area (Å²) in [5, 5.41) is 4.38. The normalized spacial score (nSPS) is 15.7. The van der Waals surface area contributed by atoms with E-state index in [1.807, 2.05) is 41.4 Å². The van der Waals surface area contributed by atoms with E-state index in [1.54, 1.807) is 4.68 Å². The van der Waals surface area contributed by atoms with E-state index in [-0.39, 0.29) is 12.5 Å². The molecule has 0 bridgehead atoms. The molecule has 1 saturated heterocycles. The maximum atomic E-state index is 12.2. The summed E-state index contributed by atoms with van der Waals surface area (Å²) in [4.78, 5) is 16.2. The van der Waals surface area contributed by atoms with Crippen molar-refractivity contribution in [1.82, 2.24) is 19.6 Å². The highest BCUT2D eigenvalue weighted by Gasteiger charge is 2.20. The number of rotatable bonds is 4. The van der Waals surface area contributed by atoms with Crippen LogP contribution in [0.3, 0.4) is 0 Å². The molecule has 0 unspecified atom stereocenters. The van der Waals surface area contributed by atoms with Gasteiger partial charge in [0.25, 0.3) is 5.91 Å². The van der Waals surface area contributed by atoms with Gasteiger partial charge in [-0.15, -0.1) is 5.10 Å². The first-order valence-corrected chi connectivity index (χ1v) is 8.32. The highest BCUT2D eigenvalue weighted by molar-refractivity contribution is 9.10. The molecule has 6 nitrogen and oxygen atoms in total. The number of benzene rings is 1. The molecule has 1 aliphatic rings. The van der Waals surface area contributed by atoms with Crippen LogP contribution in [0.15, 0.2) is 41.0 Å². The number of amides is 1. The molecule has 122 valence electrons. The molecule has 1 fully saturated rings. The molecule has 0 N–H and O–H groups in total. The van der Waals surface area contributed by atoms with Crippen LogP contribution in [0, 0.1) is 0 Å². The Balaban J connectivity index is 1.60. The number of carbonyl (C=O) groups is 1. The zero-order chi connectivity index (χ0) is 16.2. The van der Waals surface area contributed by atoms with Gasteiger partial charge >= 0.3 is 0 Å². The van der Waals surface area contributed by atoms with Gasteiger partial charge in [0.05, 0.1) is 10.2 Å². The number of halogens is 1. The standard InChI is InChI=1S/C16H19BrN4O2/c1-19-7-9-20(10-8-19)15(22)12-23-16-14(17)11-21(18-16)13-5-3-2-4-6-13/h2-6,11H,7-10,12H2,1H3. The first kappa shape index (κ1) is 16.0. The topological polar surface area (TPSA) is 50.6 Å². The molecule has 1 aliphatic heterocycles. The van der Waals surface area contributed by atoms with Gasteiger partial charge in [0, 0.05) is 32.4 Å². The second kappa shape index (κ2) is 7.14. The quantitative estimate of drug-likeness (QED) is 0.813. The summed E-state index contributed by atoms with van der Waals surface area (Å²) >= 11 is 3.43. The summed E-state index contributed by atoms with van der Waals surface area (Å²) in [7, 11) is 2.06. The third kappa shape index (κ3) is 3.92. The Morgan fingerprint density at radius 2 is 1.91 bits per heavy atom. The van der Waals surface area contributed by atoms with E-state index < -0.39 is 0 Å². The van der Waals surface area contributed by atoms with E-state index in [4.69, 9.17) is 4.74 Å². The molecule has 0 spiro atoms. The molecule has 7 heteroatoms. The van der Waals surface area contributed by atoms with Crippen molar-refractivity contribution in [2.75, 3.05) is 39.8 Å². The second-order valence-corrected chi connectivity index (χ2v) is 6.39. The number of ether oxygens (including phenoxy) is 1. The van der Waals surface area contributed by atoms with Gasteiger partial charge in [0.2, 0.25) is 5.88 Å².